The number of benzene rings is 2. The van der Waals surface area contributed by atoms with Crippen molar-refractivity contribution in [3.8, 4) is 0 Å². The van der Waals surface area contributed by atoms with Crippen LogP contribution in [0.1, 0.15) is 17.5 Å². The molecule has 3 amide bonds. The number of aryl methyl sites for hydroxylation is 2. The summed E-state index contributed by atoms with van der Waals surface area (Å²) < 4.78 is 14.0. The summed E-state index contributed by atoms with van der Waals surface area (Å²) in [7, 11) is 1.53. The van der Waals surface area contributed by atoms with Crippen LogP contribution in [0.15, 0.2) is 42.5 Å². The largest absolute Gasteiger partial charge is 0.336 e. The quantitative estimate of drug-likeness (QED) is 0.844. The van der Waals surface area contributed by atoms with Crippen LogP contribution in [0, 0.1) is 25.6 Å². The molecule has 0 unspecified atom stereocenters. The molecule has 1 fully saturated rings. The highest BCUT2D eigenvalue weighted by atomic mass is 19.1. The summed E-state index contributed by atoms with van der Waals surface area (Å²) in [5.74, 6) is -2.05. The van der Waals surface area contributed by atoms with E-state index in [9.17, 15) is 18.8 Å². The first-order chi connectivity index (χ1) is 13.8. The predicted molar refractivity (Wildman–Crippen MR) is 109 cm³/mol. The minimum atomic E-state index is -0.611. The standard InChI is InChI=1S/C22H24FN3O3/c1-14-8-9-15(2)18(10-14)24-20(27)13-25(3)22(29)16-11-21(28)26(12-16)19-7-5-4-6-17(19)23/h4-10,16H,11-13H2,1-3H3,(H,24,27)/t16-/m1/s1. The SMILES string of the molecule is Cc1ccc(C)c(NC(=O)CN(C)C(=O)[C@@H]2CC(=O)N(c3ccccc3F)C2)c1. The minimum Gasteiger partial charge on any atom is -0.336 e. The number of hydrogen-bond acceptors (Lipinski definition) is 3. The summed E-state index contributed by atoms with van der Waals surface area (Å²) in [6.45, 7) is 3.80. The van der Waals surface area contributed by atoms with Crippen LogP contribution in [-0.2, 0) is 14.4 Å². The van der Waals surface area contributed by atoms with Crippen molar-refractivity contribution in [1.29, 1.82) is 0 Å². The molecule has 6 nitrogen and oxygen atoms in total. The average molecular weight is 397 g/mol. The van der Waals surface area contributed by atoms with Crippen LogP contribution in [0.5, 0.6) is 0 Å². The highest BCUT2D eigenvalue weighted by molar-refractivity contribution is 6.01. The smallest absolute Gasteiger partial charge is 0.243 e. The first-order valence-corrected chi connectivity index (χ1v) is 9.43. The zero-order valence-electron chi connectivity index (χ0n) is 16.7. The van der Waals surface area contributed by atoms with E-state index in [1.54, 1.807) is 12.1 Å². The Morgan fingerprint density at radius 3 is 2.66 bits per heavy atom. The molecule has 0 spiro atoms. The lowest BCUT2D eigenvalue weighted by atomic mass is 10.1. The molecular formula is C22H24FN3O3. The fraction of sp³-hybridized carbons (Fsp3) is 0.318. The van der Waals surface area contributed by atoms with Gasteiger partial charge in [-0.2, -0.15) is 0 Å². The topological polar surface area (TPSA) is 69.7 Å². The van der Waals surface area contributed by atoms with E-state index in [-0.39, 0.29) is 42.9 Å². The van der Waals surface area contributed by atoms with Gasteiger partial charge in [0.15, 0.2) is 0 Å². The molecule has 3 rings (SSSR count). The van der Waals surface area contributed by atoms with E-state index < -0.39 is 11.7 Å². The van der Waals surface area contributed by atoms with Crippen molar-refractivity contribution in [3.63, 3.8) is 0 Å². The Morgan fingerprint density at radius 1 is 1.21 bits per heavy atom. The second-order valence-electron chi connectivity index (χ2n) is 7.42. The number of carbonyl (C=O) groups is 3. The number of hydrogen-bond donors (Lipinski definition) is 1. The summed E-state index contributed by atoms with van der Waals surface area (Å²) in [6, 6.07) is 11.7. The molecule has 7 heteroatoms. The molecule has 152 valence electrons. The molecular weight excluding hydrogens is 373 g/mol. The maximum atomic E-state index is 14.0. The van der Waals surface area contributed by atoms with Crippen molar-refractivity contribution in [2.45, 2.75) is 20.3 Å². The van der Waals surface area contributed by atoms with Crippen LogP contribution in [-0.4, -0.2) is 42.8 Å². The molecule has 1 aliphatic rings. The lowest BCUT2D eigenvalue weighted by Gasteiger charge is -2.21. The first kappa shape index (κ1) is 20.5. The molecule has 1 N–H and O–H groups in total. The van der Waals surface area contributed by atoms with Gasteiger partial charge in [0.25, 0.3) is 0 Å². The lowest BCUT2D eigenvalue weighted by molar-refractivity contribution is -0.137. The zero-order valence-corrected chi connectivity index (χ0v) is 16.7. The molecule has 0 aliphatic carbocycles. The van der Waals surface area contributed by atoms with E-state index >= 15 is 0 Å². The van der Waals surface area contributed by atoms with Gasteiger partial charge in [-0.25, -0.2) is 4.39 Å². The van der Waals surface area contributed by atoms with Crippen LogP contribution >= 0.6 is 0 Å². The summed E-state index contributed by atoms with van der Waals surface area (Å²) in [6.07, 6.45) is -0.00385. The molecule has 0 bridgehead atoms. The molecule has 2 aromatic carbocycles. The third-order valence-corrected chi connectivity index (χ3v) is 5.04. The molecule has 0 aromatic heterocycles. The summed E-state index contributed by atoms with van der Waals surface area (Å²) in [5.41, 5.74) is 2.83. The maximum absolute atomic E-state index is 14.0. The average Bonchev–Trinajstić information content (AvgIpc) is 3.05. The number of rotatable bonds is 5. The third-order valence-electron chi connectivity index (χ3n) is 5.04. The maximum Gasteiger partial charge on any atom is 0.243 e. The monoisotopic (exact) mass is 397 g/mol. The Balaban J connectivity index is 1.61. The van der Waals surface area contributed by atoms with Gasteiger partial charge in [0.1, 0.15) is 5.82 Å². The molecule has 0 saturated carbocycles. The lowest BCUT2D eigenvalue weighted by Crippen LogP contribution is -2.39. The van der Waals surface area contributed by atoms with Crippen molar-refractivity contribution in [2.75, 3.05) is 30.4 Å². The number of amides is 3. The highest BCUT2D eigenvalue weighted by Crippen LogP contribution is 2.28. The molecule has 1 atom stereocenters. The Labute approximate surface area is 169 Å². The van der Waals surface area contributed by atoms with Gasteiger partial charge in [-0.1, -0.05) is 24.3 Å². The number of halogens is 1. The Bertz CT molecular complexity index is 960. The summed E-state index contributed by atoms with van der Waals surface area (Å²) in [4.78, 5) is 40.0. The normalized spacial score (nSPS) is 16.1. The predicted octanol–water partition coefficient (Wildman–Crippen LogP) is 2.89. The molecule has 1 saturated heterocycles. The van der Waals surface area contributed by atoms with Crippen molar-refractivity contribution < 1.29 is 18.8 Å². The number of para-hydroxylation sites is 1. The van der Waals surface area contributed by atoms with Crippen LogP contribution in [0.4, 0.5) is 15.8 Å². The molecule has 2 aromatic rings. The third kappa shape index (κ3) is 4.62. The second kappa shape index (κ2) is 8.43. The highest BCUT2D eigenvalue weighted by Gasteiger charge is 2.37. The van der Waals surface area contributed by atoms with Gasteiger partial charge in [-0.3, -0.25) is 14.4 Å². The first-order valence-electron chi connectivity index (χ1n) is 9.43. The van der Waals surface area contributed by atoms with Crippen molar-refractivity contribution >= 4 is 29.1 Å². The zero-order chi connectivity index (χ0) is 21.1. The van der Waals surface area contributed by atoms with E-state index in [1.807, 2.05) is 32.0 Å². The van der Waals surface area contributed by atoms with Gasteiger partial charge in [0.05, 0.1) is 18.2 Å². The molecule has 29 heavy (non-hydrogen) atoms. The van der Waals surface area contributed by atoms with Crippen molar-refractivity contribution in [2.24, 2.45) is 5.92 Å². The molecule has 0 radical (unpaired) electrons. The van der Waals surface area contributed by atoms with Crippen LogP contribution in [0.2, 0.25) is 0 Å². The molecule has 1 heterocycles. The number of nitrogens with one attached hydrogen (secondary N) is 1. The van der Waals surface area contributed by atoms with Crippen LogP contribution < -0.4 is 10.2 Å². The van der Waals surface area contributed by atoms with Gasteiger partial charge in [0, 0.05) is 25.7 Å². The minimum absolute atomic E-state index is 0.00385. The van der Waals surface area contributed by atoms with Crippen LogP contribution in [0.3, 0.4) is 0 Å². The van der Waals surface area contributed by atoms with Crippen LogP contribution in [0.25, 0.3) is 0 Å². The summed E-state index contributed by atoms with van der Waals surface area (Å²) >= 11 is 0. The number of likely N-dealkylation sites (N-methyl/N-ethyl adjacent to an activating group) is 1. The van der Waals surface area contributed by atoms with Crippen molar-refractivity contribution in [1.82, 2.24) is 4.90 Å². The Kier molecular flexibility index (Phi) is 5.96. The van der Waals surface area contributed by atoms with Gasteiger partial charge in [-0.05, 0) is 43.2 Å². The van der Waals surface area contributed by atoms with Gasteiger partial charge >= 0.3 is 0 Å². The van der Waals surface area contributed by atoms with E-state index in [0.717, 1.165) is 11.1 Å². The number of anilines is 2. The van der Waals surface area contributed by atoms with E-state index in [0.29, 0.717) is 5.69 Å². The fourth-order valence-electron chi connectivity index (χ4n) is 3.44. The van der Waals surface area contributed by atoms with Gasteiger partial charge < -0.3 is 15.1 Å². The van der Waals surface area contributed by atoms with Gasteiger partial charge in [0.2, 0.25) is 17.7 Å². The summed E-state index contributed by atoms with van der Waals surface area (Å²) in [5, 5.41) is 2.82. The molecule has 1 aliphatic heterocycles. The van der Waals surface area contributed by atoms with E-state index in [1.165, 1.54) is 29.0 Å². The number of nitrogens with zero attached hydrogens (tertiary/aromatic N) is 2. The Hall–Kier alpha value is -3.22. The van der Waals surface area contributed by atoms with Crippen molar-refractivity contribution in [3.05, 3.63) is 59.4 Å². The number of carbonyl (C=O) groups excluding carboxylic acids is 3. The van der Waals surface area contributed by atoms with E-state index in [4.69, 9.17) is 0 Å². The second-order valence-corrected chi connectivity index (χ2v) is 7.42. The van der Waals surface area contributed by atoms with E-state index in [2.05, 4.69) is 5.32 Å². The Morgan fingerprint density at radius 2 is 1.93 bits per heavy atom. The fourth-order valence-corrected chi connectivity index (χ4v) is 3.44. The van der Waals surface area contributed by atoms with Gasteiger partial charge in [-0.15, -0.1) is 0 Å².